The van der Waals surface area contributed by atoms with Crippen LogP contribution in [0.4, 0.5) is 0 Å². The molecule has 0 aliphatic heterocycles. The lowest BCUT2D eigenvalue weighted by atomic mass is 10.1. The second-order valence-corrected chi connectivity index (χ2v) is 3.82. The van der Waals surface area contributed by atoms with Crippen molar-refractivity contribution in [2.45, 2.75) is 6.92 Å². The van der Waals surface area contributed by atoms with Crippen molar-refractivity contribution < 1.29 is 4.42 Å². The molecular weight excluding hydrogens is 208 g/mol. The minimum Gasteiger partial charge on any atom is -0.461 e. The molecule has 1 aromatic heterocycles. The van der Waals surface area contributed by atoms with Crippen molar-refractivity contribution in [3.05, 3.63) is 53.3 Å². The maximum atomic E-state index is 6.00. The van der Waals surface area contributed by atoms with Crippen LogP contribution in [0.15, 0.2) is 41.3 Å². The van der Waals surface area contributed by atoms with Crippen LogP contribution in [0.25, 0.3) is 17.4 Å². The third-order valence-electron chi connectivity index (χ3n) is 2.18. The molecule has 0 spiro atoms. The van der Waals surface area contributed by atoms with E-state index >= 15 is 0 Å². The molecule has 0 amide bonds. The van der Waals surface area contributed by atoms with Gasteiger partial charge in [-0.15, -0.1) is 0 Å². The van der Waals surface area contributed by atoms with Gasteiger partial charge in [0.2, 0.25) is 0 Å². The predicted octanol–water partition coefficient (Wildman–Crippen LogP) is 4.55. The van der Waals surface area contributed by atoms with Crippen LogP contribution >= 0.6 is 11.6 Å². The zero-order valence-corrected chi connectivity index (χ0v) is 9.21. The van der Waals surface area contributed by atoms with Gasteiger partial charge in [0.05, 0.1) is 0 Å². The predicted molar refractivity (Wildman–Crippen MR) is 64.0 cm³/mol. The second kappa shape index (κ2) is 3.95. The molecule has 76 valence electrons. The Morgan fingerprint density at radius 1 is 1.27 bits per heavy atom. The maximum absolute atomic E-state index is 6.00. The van der Waals surface area contributed by atoms with Gasteiger partial charge in [0, 0.05) is 10.6 Å². The van der Waals surface area contributed by atoms with E-state index in [2.05, 4.69) is 6.58 Å². The van der Waals surface area contributed by atoms with Gasteiger partial charge in [-0.2, -0.15) is 0 Å². The number of aryl methyl sites for hydroxylation is 1. The lowest BCUT2D eigenvalue weighted by molar-refractivity contribution is 0.548. The van der Waals surface area contributed by atoms with Crippen molar-refractivity contribution in [2.75, 3.05) is 0 Å². The molecule has 2 rings (SSSR count). The van der Waals surface area contributed by atoms with E-state index in [1.165, 1.54) is 0 Å². The summed E-state index contributed by atoms with van der Waals surface area (Å²) in [5.41, 5.74) is 1.97. The molecule has 1 heterocycles. The van der Waals surface area contributed by atoms with Crippen molar-refractivity contribution in [1.82, 2.24) is 0 Å². The molecule has 2 aromatic rings. The van der Waals surface area contributed by atoms with Crippen molar-refractivity contribution in [1.29, 1.82) is 0 Å². The quantitative estimate of drug-likeness (QED) is 0.721. The average molecular weight is 219 g/mol. The Labute approximate surface area is 94.0 Å². The van der Waals surface area contributed by atoms with E-state index in [9.17, 15) is 0 Å². The van der Waals surface area contributed by atoms with E-state index in [0.29, 0.717) is 5.02 Å². The standard InChI is InChI=1S/C13H11ClO/c1-3-10-6-11(8-12(14)7-10)13-5-4-9(2)15-13/h3-8H,1H2,2H3. The molecule has 0 aliphatic rings. The summed E-state index contributed by atoms with van der Waals surface area (Å²) in [6.45, 7) is 5.64. The van der Waals surface area contributed by atoms with Crippen LogP contribution in [0.2, 0.25) is 5.02 Å². The first-order chi connectivity index (χ1) is 7.19. The molecule has 15 heavy (non-hydrogen) atoms. The van der Waals surface area contributed by atoms with Gasteiger partial charge in [-0.3, -0.25) is 0 Å². The van der Waals surface area contributed by atoms with E-state index < -0.39 is 0 Å². The maximum Gasteiger partial charge on any atom is 0.134 e. The summed E-state index contributed by atoms with van der Waals surface area (Å²) in [6.07, 6.45) is 1.77. The molecule has 0 bridgehead atoms. The van der Waals surface area contributed by atoms with Gasteiger partial charge in [-0.25, -0.2) is 0 Å². The Hall–Kier alpha value is -1.47. The highest BCUT2D eigenvalue weighted by atomic mass is 35.5. The number of furan rings is 1. The Bertz CT molecular complexity index is 497. The number of hydrogen-bond acceptors (Lipinski definition) is 1. The lowest BCUT2D eigenvalue weighted by Crippen LogP contribution is -1.77. The summed E-state index contributed by atoms with van der Waals surface area (Å²) in [4.78, 5) is 0. The van der Waals surface area contributed by atoms with Crippen LogP contribution in [0.1, 0.15) is 11.3 Å². The smallest absolute Gasteiger partial charge is 0.134 e. The number of halogens is 1. The largest absolute Gasteiger partial charge is 0.461 e. The zero-order valence-electron chi connectivity index (χ0n) is 8.46. The number of benzene rings is 1. The summed E-state index contributed by atoms with van der Waals surface area (Å²) in [6, 6.07) is 9.62. The van der Waals surface area contributed by atoms with E-state index in [4.69, 9.17) is 16.0 Å². The third kappa shape index (κ3) is 2.13. The van der Waals surface area contributed by atoms with Gasteiger partial charge in [0.25, 0.3) is 0 Å². The molecule has 2 heteroatoms. The van der Waals surface area contributed by atoms with E-state index in [1.807, 2.05) is 37.3 Å². The molecule has 0 radical (unpaired) electrons. The minimum absolute atomic E-state index is 0.691. The summed E-state index contributed by atoms with van der Waals surface area (Å²) < 4.78 is 5.53. The van der Waals surface area contributed by atoms with Gasteiger partial charge in [0.15, 0.2) is 0 Å². The molecule has 1 aromatic carbocycles. The van der Waals surface area contributed by atoms with Crippen LogP contribution < -0.4 is 0 Å². The first-order valence-electron chi connectivity index (χ1n) is 4.69. The highest BCUT2D eigenvalue weighted by Crippen LogP contribution is 2.26. The van der Waals surface area contributed by atoms with Gasteiger partial charge >= 0.3 is 0 Å². The fraction of sp³-hybridized carbons (Fsp3) is 0.0769. The Kier molecular flexibility index (Phi) is 2.65. The van der Waals surface area contributed by atoms with Crippen molar-refractivity contribution in [3.63, 3.8) is 0 Å². The molecule has 0 saturated heterocycles. The number of hydrogen-bond donors (Lipinski definition) is 0. The van der Waals surface area contributed by atoms with E-state index in [0.717, 1.165) is 22.6 Å². The lowest BCUT2D eigenvalue weighted by Gasteiger charge is -2.00. The van der Waals surface area contributed by atoms with E-state index in [1.54, 1.807) is 6.08 Å². The average Bonchev–Trinajstić information content (AvgIpc) is 2.64. The normalized spacial score (nSPS) is 10.3. The molecule has 0 atom stereocenters. The van der Waals surface area contributed by atoms with Gasteiger partial charge < -0.3 is 4.42 Å². The zero-order chi connectivity index (χ0) is 10.8. The minimum atomic E-state index is 0.691. The van der Waals surface area contributed by atoms with Gasteiger partial charge in [-0.05, 0) is 42.8 Å². The number of rotatable bonds is 2. The molecule has 0 unspecified atom stereocenters. The Balaban J connectivity index is 2.52. The van der Waals surface area contributed by atoms with Crippen molar-refractivity contribution in [2.24, 2.45) is 0 Å². The fourth-order valence-corrected chi connectivity index (χ4v) is 1.71. The Morgan fingerprint density at radius 2 is 2.07 bits per heavy atom. The van der Waals surface area contributed by atoms with Crippen LogP contribution in [-0.4, -0.2) is 0 Å². The highest BCUT2D eigenvalue weighted by Gasteiger charge is 2.04. The van der Waals surface area contributed by atoms with Gasteiger partial charge in [0.1, 0.15) is 11.5 Å². The summed E-state index contributed by atoms with van der Waals surface area (Å²) in [7, 11) is 0. The second-order valence-electron chi connectivity index (χ2n) is 3.39. The summed E-state index contributed by atoms with van der Waals surface area (Å²) in [5.74, 6) is 1.73. The first kappa shape index (κ1) is 10.1. The Morgan fingerprint density at radius 3 is 2.67 bits per heavy atom. The van der Waals surface area contributed by atoms with Crippen LogP contribution in [0, 0.1) is 6.92 Å². The topological polar surface area (TPSA) is 13.1 Å². The molecule has 1 nitrogen and oxygen atoms in total. The van der Waals surface area contributed by atoms with E-state index in [-0.39, 0.29) is 0 Å². The van der Waals surface area contributed by atoms with Crippen molar-refractivity contribution >= 4 is 17.7 Å². The molecule has 0 aliphatic carbocycles. The van der Waals surface area contributed by atoms with Crippen LogP contribution in [0.5, 0.6) is 0 Å². The SMILES string of the molecule is C=Cc1cc(Cl)cc(-c2ccc(C)o2)c1. The van der Waals surface area contributed by atoms with Crippen LogP contribution in [-0.2, 0) is 0 Å². The highest BCUT2D eigenvalue weighted by molar-refractivity contribution is 6.31. The molecular formula is C13H11ClO. The molecule has 0 fully saturated rings. The molecule has 0 N–H and O–H groups in total. The molecule has 0 saturated carbocycles. The van der Waals surface area contributed by atoms with Crippen molar-refractivity contribution in [3.8, 4) is 11.3 Å². The van der Waals surface area contributed by atoms with Crippen LogP contribution in [0.3, 0.4) is 0 Å². The monoisotopic (exact) mass is 218 g/mol. The first-order valence-corrected chi connectivity index (χ1v) is 5.06. The fourth-order valence-electron chi connectivity index (χ4n) is 1.46. The summed E-state index contributed by atoms with van der Waals surface area (Å²) in [5, 5.41) is 0.691. The van der Waals surface area contributed by atoms with Gasteiger partial charge in [-0.1, -0.05) is 24.3 Å². The summed E-state index contributed by atoms with van der Waals surface area (Å²) >= 11 is 6.00. The third-order valence-corrected chi connectivity index (χ3v) is 2.40.